The first kappa shape index (κ1) is 53.0. The Bertz CT molecular complexity index is 1330. The van der Waals surface area contributed by atoms with E-state index >= 15 is 0 Å². The van der Waals surface area contributed by atoms with E-state index in [1.54, 1.807) is 6.08 Å². The molecule has 1 unspecified atom stereocenters. The number of nitrogens with two attached hydrogens (primary N) is 1. The van der Waals surface area contributed by atoms with Crippen molar-refractivity contribution in [3.8, 4) is 0 Å². The molecule has 58 heavy (non-hydrogen) atoms. The average molecular weight is 875 g/mol. The molecule has 5 N–H and O–H groups in total. The van der Waals surface area contributed by atoms with Gasteiger partial charge >= 0.3 is 16.4 Å². The second kappa shape index (κ2) is 27.1. The zero-order valence-corrected chi connectivity index (χ0v) is 37.2. The third kappa shape index (κ3) is 25.6. The summed E-state index contributed by atoms with van der Waals surface area (Å²) in [6, 6.07) is -0.606. The lowest BCUT2D eigenvalue weighted by atomic mass is 9.94. The molecular weight excluding hydrogens is 799 g/mol. The molecule has 19 heteroatoms. The number of aliphatic hydroxyl groups is 2. The number of carbonyl (C=O) groups excluding carboxylic acids is 1. The van der Waals surface area contributed by atoms with Crippen molar-refractivity contribution in [1.82, 2.24) is 0 Å². The van der Waals surface area contributed by atoms with Gasteiger partial charge in [-0.2, -0.15) is 8.42 Å². The van der Waals surface area contributed by atoms with Crippen LogP contribution in [0.3, 0.4) is 0 Å². The molecule has 0 aromatic rings. The molecule has 0 amide bonds. The van der Waals surface area contributed by atoms with Crippen molar-refractivity contribution in [1.29, 1.82) is 0 Å². The van der Waals surface area contributed by atoms with Gasteiger partial charge in [0.05, 0.1) is 52.6 Å². The minimum absolute atomic E-state index is 0.118. The lowest BCUT2D eigenvalue weighted by Gasteiger charge is -2.33. The maximum Gasteiger partial charge on any atom is 0.397 e. The van der Waals surface area contributed by atoms with Gasteiger partial charge in [-0.15, -0.1) is 0 Å². The molecule has 7 atom stereocenters. The Kier molecular flexibility index (Phi) is 24.8. The van der Waals surface area contributed by atoms with Crippen molar-refractivity contribution in [2.75, 3.05) is 60.7 Å². The van der Waals surface area contributed by atoms with Crippen molar-refractivity contribution >= 4 is 24.2 Å². The van der Waals surface area contributed by atoms with Gasteiger partial charge in [0.1, 0.15) is 25.9 Å². The summed E-state index contributed by atoms with van der Waals surface area (Å²) in [6.45, 7) is 1.11. The van der Waals surface area contributed by atoms with E-state index in [1.807, 2.05) is 21.1 Å². The number of ether oxygens (including phenoxy) is 4. The van der Waals surface area contributed by atoms with Gasteiger partial charge in [0.2, 0.25) is 5.79 Å². The van der Waals surface area contributed by atoms with Crippen LogP contribution in [0.5, 0.6) is 0 Å². The molecule has 0 spiro atoms. The molecule has 0 saturated carbocycles. The molecule has 2 bridgehead atoms. The van der Waals surface area contributed by atoms with Crippen LogP contribution in [0.1, 0.15) is 135 Å². The summed E-state index contributed by atoms with van der Waals surface area (Å²) >= 11 is 0. The fraction of sp³-hybridized carbons (Fsp3) is 0.923. The van der Waals surface area contributed by atoms with Gasteiger partial charge in [0, 0.05) is 25.5 Å². The van der Waals surface area contributed by atoms with Gasteiger partial charge < -0.3 is 48.8 Å². The fourth-order valence-electron chi connectivity index (χ4n) is 6.90. The number of rotatable bonds is 35. The highest BCUT2D eigenvalue weighted by molar-refractivity contribution is 7.80. The fourth-order valence-corrected chi connectivity index (χ4v) is 8.14. The number of likely N-dealkylation sites (N-methyl/N-ethyl adjacent to an activating group) is 1. The van der Waals surface area contributed by atoms with E-state index in [1.165, 1.54) is 51.0 Å². The SMILES string of the molecule is C[C@](O)(COC(=O)/C=C/CCCCC[C@H]1O[C@]2(CCCCCCCCCCCCCCOC[C@@H](N)COS(=O)(=O)O)CC[C@@H](O)[C@@H]1O2)OP(=O)([O-])OCC[N+](C)(C)C. The number of quaternary nitrogens is 1. The third-order valence-electron chi connectivity index (χ3n) is 10.1. The standard InChI is InChI=1S/C39H75N2O15PS/c1-38(44,56-57(45,46)52-29-27-41(2,3)4)32-51-36(43)23-19-15-13-14-18-22-35-37-34(42)24-26-39(54-35,55-37)25-20-16-11-9-7-5-6-8-10-12-17-21-28-50-30-33(40)31-53-58(47,48)49/h19,23,33-35,37,42,44H,5-18,20-22,24-32,40H2,1-4H3,(H-,45,46,47,48,49)/b23-19+/t33-,34-,35-,37+,38-,39+/m1/s1. The Hall–Kier alpha value is -1.09. The van der Waals surface area contributed by atoms with Crippen LogP contribution < -0.4 is 10.6 Å². The predicted octanol–water partition coefficient (Wildman–Crippen LogP) is 4.82. The summed E-state index contributed by atoms with van der Waals surface area (Å²) in [6.07, 6.45) is 22.2. The highest BCUT2D eigenvalue weighted by Gasteiger charge is 2.52. The summed E-state index contributed by atoms with van der Waals surface area (Å²) in [5, 5.41) is 20.9. The van der Waals surface area contributed by atoms with E-state index < -0.39 is 54.5 Å². The normalized spacial score (nSPS) is 23.8. The molecule has 0 aromatic heterocycles. The molecule has 0 aliphatic carbocycles. The monoisotopic (exact) mass is 874 g/mol. The van der Waals surface area contributed by atoms with E-state index in [0.29, 0.717) is 36.9 Å². The second-order valence-electron chi connectivity index (χ2n) is 17.0. The average Bonchev–Trinajstić information content (AvgIpc) is 3.42. The predicted molar refractivity (Wildman–Crippen MR) is 215 cm³/mol. The maximum atomic E-state index is 12.1. The molecule has 0 radical (unpaired) electrons. The molecule has 2 saturated heterocycles. The first-order valence-corrected chi connectivity index (χ1v) is 24.0. The maximum absolute atomic E-state index is 12.1. The summed E-state index contributed by atoms with van der Waals surface area (Å²) < 4.78 is 79.1. The number of allylic oxidation sites excluding steroid dienone is 1. The van der Waals surface area contributed by atoms with Gasteiger partial charge in [-0.3, -0.25) is 13.6 Å². The Labute approximate surface area is 347 Å². The third-order valence-corrected chi connectivity index (χ3v) is 11.6. The summed E-state index contributed by atoms with van der Waals surface area (Å²) in [5.74, 6) is -3.58. The molecule has 342 valence electrons. The number of carbonyl (C=O) groups is 1. The molecular formula is C39H75N2O15PS. The minimum Gasteiger partial charge on any atom is -0.756 e. The minimum atomic E-state index is -4.81. The molecule has 2 heterocycles. The Morgan fingerprint density at radius 3 is 2.19 bits per heavy atom. The van der Waals surface area contributed by atoms with Crippen LogP contribution in [-0.4, -0.2) is 130 Å². The van der Waals surface area contributed by atoms with Gasteiger partial charge in [0.15, 0.2) is 5.79 Å². The van der Waals surface area contributed by atoms with Crippen LogP contribution in [0.2, 0.25) is 0 Å². The van der Waals surface area contributed by atoms with E-state index in [4.69, 9.17) is 33.8 Å². The Morgan fingerprint density at radius 1 is 0.966 bits per heavy atom. The lowest BCUT2D eigenvalue weighted by molar-refractivity contribution is -0.870. The molecule has 2 rings (SSSR count). The van der Waals surface area contributed by atoms with Crippen LogP contribution in [0.25, 0.3) is 0 Å². The number of hydrogen-bond acceptors (Lipinski definition) is 15. The molecule has 17 nitrogen and oxygen atoms in total. The van der Waals surface area contributed by atoms with Crippen LogP contribution in [0.4, 0.5) is 0 Å². The van der Waals surface area contributed by atoms with E-state index in [9.17, 15) is 32.9 Å². The Balaban J connectivity index is 1.48. The van der Waals surface area contributed by atoms with Crippen molar-refractivity contribution < 1.29 is 74.1 Å². The molecule has 0 aromatic carbocycles. The largest absolute Gasteiger partial charge is 0.756 e. The first-order chi connectivity index (χ1) is 27.2. The lowest BCUT2D eigenvalue weighted by Crippen LogP contribution is -2.41. The van der Waals surface area contributed by atoms with Crippen molar-refractivity contribution in [2.24, 2.45) is 5.73 Å². The zero-order valence-electron chi connectivity index (χ0n) is 35.5. The highest BCUT2D eigenvalue weighted by Crippen LogP contribution is 2.45. The van der Waals surface area contributed by atoms with E-state index in [0.717, 1.165) is 71.1 Å². The Morgan fingerprint density at radius 2 is 1.57 bits per heavy atom. The first-order valence-electron chi connectivity index (χ1n) is 21.2. The number of fused-ring (bicyclic) bond motifs is 2. The smallest absolute Gasteiger partial charge is 0.397 e. The molecule has 2 fully saturated rings. The van der Waals surface area contributed by atoms with Crippen LogP contribution in [0, 0.1) is 0 Å². The number of aliphatic hydroxyl groups excluding tert-OH is 1. The highest BCUT2D eigenvalue weighted by atomic mass is 32.3. The van der Waals surface area contributed by atoms with E-state index in [-0.39, 0.29) is 32.0 Å². The van der Waals surface area contributed by atoms with Crippen LogP contribution in [0.15, 0.2) is 12.2 Å². The van der Waals surface area contributed by atoms with Crippen LogP contribution in [-0.2, 0) is 51.9 Å². The van der Waals surface area contributed by atoms with Gasteiger partial charge in [-0.25, -0.2) is 8.98 Å². The zero-order chi connectivity index (χ0) is 43.1. The summed E-state index contributed by atoms with van der Waals surface area (Å²) in [4.78, 5) is 24.1. The van der Waals surface area contributed by atoms with Gasteiger partial charge in [-0.1, -0.05) is 83.1 Å². The summed E-state index contributed by atoms with van der Waals surface area (Å²) in [7, 11) is -3.66. The topological polar surface area (TPSA) is 243 Å². The number of esters is 1. The van der Waals surface area contributed by atoms with Gasteiger partial charge in [0.25, 0.3) is 7.82 Å². The number of phosphoric acid groups is 1. The van der Waals surface area contributed by atoms with Crippen LogP contribution >= 0.6 is 7.82 Å². The van der Waals surface area contributed by atoms with Crippen molar-refractivity contribution in [2.45, 2.75) is 171 Å². The van der Waals surface area contributed by atoms with Gasteiger partial charge in [-0.05, 0) is 45.4 Å². The van der Waals surface area contributed by atoms with Crippen molar-refractivity contribution in [3.05, 3.63) is 12.2 Å². The van der Waals surface area contributed by atoms with E-state index in [2.05, 4.69) is 8.71 Å². The second-order valence-corrected chi connectivity index (χ2v) is 19.4. The number of unbranched alkanes of at least 4 members (excludes halogenated alkanes) is 14. The molecule has 2 aliphatic rings. The van der Waals surface area contributed by atoms with Crippen molar-refractivity contribution in [3.63, 3.8) is 0 Å². The molecule has 2 aliphatic heterocycles. The number of hydrogen-bond donors (Lipinski definition) is 4. The summed E-state index contributed by atoms with van der Waals surface area (Å²) in [5.41, 5.74) is 5.68. The quantitative estimate of drug-likeness (QED) is 0.0127. The number of phosphoric ester groups is 1. The number of nitrogens with zero attached hydrogens (tertiary/aromatic N) is 1.